The van der Waals surface area contributed by atoms with Crippen LogP contribution in [0.3, 0.4) is 0 Å². The maximum atomic E-state index is 15.0. The maximum absolute atomic E-state index is 15.0. The summed E-state index contributed by atoms with van der Waals surface area (Å²) in [6.07, 6.45) is 1.72. The van der Waals surface area contributed by atoms with Crippen molar-refractivity contribution in [3.05, 3.63) is 137 Å². The largest absolute Gasteiger partial charge is 0.478 e. The van der Waals surface area contributed by atoms with E-state index in [1.54, 1.807) is 36.4 Å². The molecule has 1 atom stereocenters. The molecule has 2 N–H and O–H groups in total. The molecule has 5 nitrogen and oxygen atoms in total. The summed E-state index contributed by atoms with van der Waals surface area (Å²) in [5.74, 6) is -1.49. The van der Waals surface area contributed by atoms with Gasteiger partial charge in [0.1, 0.15) is 5.82 Å². The quantitative estimate of drug-likeness (QED) is 0.214. The monoisotopic (exact) mass is 558 g/mol. The number of aryl methyl sites for hydroxylation is 1. The summed E-state index contributed by atoms with van der Waals surface area (Å²) in [5, 5.41) is 15.0. The minimum atomic E-state index is -1.02. The van der Waals surface area contributed by atoms with Crippen molar-refractivity contribution in [1.29, 1.82) is 0 Å². The number of carbonyl (C=O) groups is 2. The van der Waals surface area contributed by atoms with Gasteiger partial charge in [-0.15, -0.1) is 0 Å². The van der Waals surface area contributed by atoms with Gasteiger partial charge in [-0.1, -0.05) is 60.7 Å². The Balaban J connectivity index is 1.20. The molecule has 42 heavy (non-hydrogen) atoms. The molecule has 210 valence electrons. The Bertz CT molecular complexity index is 1820. The molecule has 1 aliphatic heterocycles. The SMILES string of the molecule is CC(NC(=O)c1ccc2c(c1)CCCN2Cc1cc(-c2ccccc2C(=O)O)ccc1F)c1ccc2ccccc2c1. The molecule has 0 saturated heterocycles. The zero-order chi connectivity index (χ0) is 29.2. The summed E-state index contributed by atoms with van der Waals surface area (Å²) in [5.41, 5.74) is 5.57. The number of amides is 1. The zero-order valence-electron chi connectivity index (χ0n) is 23.3. The van der Waals surface area contributed by atoms with Crippen LogP contribution in [0.25, 0.3) is 21.9 Å². The van der Waals surface area contributed by atoms with Crippen LogP contribution in [0.1, 0.15) is 56.8 Å². The third kappa shape index (κ3) is 5.48. The molecule has 0 aromatic heterocycles. The van der Waals surface area contributed by atoms with Crippen LogP contribution in [0, 0.1) is 5.82 Å². The highest BCUT2D eigenvalue weighted by Gasteiger charge is 2.21. The van der Waals surface area contributed by atoms with Gasteiger partial charge in [0.25, 0.3) is 5.91 Å². The minimum absolute atomic E-state index is 0.133. The number of nitrogens with one attached hydrogen (secondary N) is 1. The summed E-state index contributed by atoms with van der Waals surface area (Å²) in [7, 11) is 0. The van der Waals surface area contributed by atoms with E-state index >= 15 is 0 Å². The fourth-order valence-electron chi connectivity index (χ4n) is 5.81. The van der Waals surface area contributed by atoms with Crippen LogP contribution in [0.4, 0.5) is 10.1 Å². The number of fused-ring (bicyclic) bond motifs is 2. The lowest BCUT2D eigenvalue weighted by molar-refractivity contribution is 0.0697. The van der Waals surface area contributed by atoms with Crippen LogP contribution in [-0.4, -0.2) is 23.5 Å². The molecule has 0 saturated carbocycles. The van der Waals surface area contributed by atoms with Crippen molar-refractivity contribution < 1.29 is 19.1 Å². The average Bonchev–Trinajstić information content (AvgIpc) is 3.01. The lowest BCUT2D eigenvalue weighted by Gasteiger charge is -2.32. The van der Waals surface area contributed by atoms with E-state index in [1.807, 2.05) is 43.3 Å². The molecule has 0 fully saturated rings. The standard InChI is InChI=1S/C36H31FN2O3/c1-23(25-13-12-24-7-2-3-8-26(24)19-25)38-35(40)29-15-17-34-28(21-29)9-6-18-39(34)22-30-20-27(14-16-33(30)37)31-10-4-5-11-32(31)36(41)42/h2-5,7-8,10-17,19-21,23H,6,9,18,22H2,1H3,(H,38,40)(H,41,42). The summed E-state index contributed by atoms with van der Waals surface area (Å²) in [6.45, 7) is 3.08. The first kappa shape index (κ1) is 27.2. The Labute approximate surface area is 244 Å². The predicted octanol–water partition coefficient (Wildman–Crippen LogP) is 7.79. The number of aromatic carboxylic acids is 1. The molecule has 1 heterocycles. The average molecular weight is 559 g/mol. The van der Waals surface area contributed by atoms with Gasteiger partial charge < -0.3 is 15.3 Å². The summed E-state index contributed by atoms with van der Waals surface area (Å²) in [4.78, 5) is 27.1. The fourth-order valence-corrected chi connectivity index (χ4v) is 5.81. The molecule has 0 aliphatic carbocycles. The van der Waals surface area contributed by atoms with Gasteiger partial charge in [0.15, 0.2) is 0 Å². The van der Waals surface area contributed by atoms with Crippen molar-refractivity contribution in [3.8, 4) is 11.1 Å². The third-order valence-corrected chi connectivity index (χ3v) is 8.05. The van der Waals surface area contributed by atoms with E-state index in [0.29, 0.717) is 28.8 Å². The van der Waals surface area contributed by atoms with Crippen LogP contribution in [0.15, 0.2) is 103 Å². The van der Waals surface area contributed by atoms with Crippen LogP contribution in [0.5, 0.6) is 0 Å². The molecule has 0 bridgehead atoms. The second kappa shape index (κ2) is 11.5. The van der Waals surface area contributed by atoms with E-state index in [4.69, 9.17) is 0 Å². The molecule has 0 radical (unpaired) electrons. The number of anilines is 1. The van der Waals surface area contributed by atoms with Gasteiger partial charge in [-0.25, -0.2) is 9.18 Å². The highest BCUT2D eigenvalue weighted by atomic mass is 19.1. The third-order valence-electron chi connectivity index (χ3n) is 8.05. The molecular weight excluding hydrogens is 527 g/mol. The van der Waals surface area contributed by atoms with E-state index in [2.05, 4.69) is 34.5 Å². The summed E-state index contributed by atoms with van der Waals surface area (Å²) >= 11 is 0. The maximum Gasteiger partial charge on any atom is 0.336 e. The summed E-state index contributed by atoms with van der Waals surface area (Å²) in [6, 6.07) is 31.5. The van der Waals surface area contributed by atoms with Gasteiger partial charge in [-0.2, -0.15) is 0 Å². The molecule has 6 rings (SSSR count). The van der Waals surface area contributed by atoms with Gasteiger partial charge >= 0.3 is 5.97 Å². The first-order chi connectivity index (χ1) is 20.4. The Morgan fingerprint density at radius 1 is 0.905 bits per heavy atom. The Morgan fingerprint density at radius 3 is 2.52 bits per heavy atom. The summed E-state index contributed by atoms with van der Waals surface area (Å²) < 4.78 is 15.0. The molecule has 6 heteroatoms. The van der Waals surface area contributed by atoms with Gasteiger partial charge in [0, 0.05) is 29.9 Å². The number of halogens is 1. The molecule has 1 aliphatic rings. The number of hydrogen-bond acceptors (Lipinski definition) is 3. The van der Waals surface area contributed by atoms with Crippen LogP contribution in [0.2, 0.25) is 0 Å². The van der Waals surface area contributed by atoms with Crippen molar-refractivity contribution in [2.75, 3.05) is 11.4 Å². The Morgan fingerprint density at radius 2 is 1.69 bits per heavy atom. The van der Waals surface area contributed by atoms with Crippen LogP contribution in [-0.2, 0) is 13.0 Å². The molecule has 0 spiro atoms. The normalized spacial score (nSPS) is 13.4. The number of hydrogen-bond donors (Lipinski definition) is 2. The number of carboxylic acids is 1. The smallest absolute Gasteiger partial charge is 0.336 e. The Hall–Kier alpha value is -4.97. The molecule has 5 aromatic rings. The first-order valence-corrected chi connectivity index (χ1v) is 14.2. The van der Waals surface area contributed by atoms with E-state index < -0.39 is 5.97 Å². The van der Waals surface area contributed by atoms with Gasteiger partial charge in [0.2, 0.25) is 0 Å². The Kier molecular flexibility index (Phi) is 7.44. The lowest BCUT2D eigenvalue weighted by atomic mass is 9.96. The zero-order valence-corrected chi connectivity index (χ0v) is 23.3. The van der Waals surface area contributed by atoms with Crippen molar-refractivity contribution in [1.82, 2.24) is 5.32 Å². The van der Waals surface area contributed by atoms with Crippen molar-refractivity contribution >= 4 is 28.3 Å². The lowest BCUT2D eigenvalue weighted by Crippen LogP contribution is -2.30. The highest BCUT2D eigenvalue weighted by Crippen LogP contribution is 2.32. The molecule has 1 unspecified atom stereocenters. The van der Waals surface area contributed by atoms with Crippen LogP contribution < -0.4 is 10.2 Å². The highest BCUT2D eigenvalue weighted by molar-refractivity contribution is 5.96. The molecule has 1 amide bonds. The first-order valence-electron chi connectivity index (χ1n) is 14.2. The second-order valence-electron chi connectivity index (χ2n) is 10.8. The van der Waals surface area contributed by atoms with Crippen molar-refractivity contribution in [2.24, 2.45) is 0 Å². The van der Waals surface area contributed by atoms with Crippen molar-refractivity contribution in [2.45, 2.75) is 32.4 Å². The van der Waals surface area contributed by atoms with Crippen molar-refractivity contribution in [3.63, 3.8) is 0 Å². The predicted molar refractivity (Wildman–Crippen MR) is 164 cm³/mol. The molecule has 5 aromatic carbocycles. The number of nitrogens with zero attached hydrogens (tertiary/aromatic N) is 1. The van der Waals surface area contributed by atoms with Gasteiger partial charge in [0.05, 0.1) is 11.6 Å². The number of carboxylic acid groups (broad SMARTS) is 1. The minimum Gasteiger partial charge on any atom is -0.478 e. The van der Waals surface area contributed by atoms with E-state index in [9.17, 15) is 19.1 Å². The number of benzene rings is 5. The van der Waals surface area contributed by atoms with E-state index in [-0.39, 0.29) is 23.3 Å². The van der Waals surface area contributed by atoms with Gasteiger partial charge in [-0.3, -0.25) is 4.79 Å². The topological polar surface area (TPSA) is 69.6 Å². The number of rotatable bonds is 7. The fraction of sp³-hybridized carbons (Fsp3) is 0.167. The van der Waals surface area contributed by atoms with Crippen LogP contribution >= 0.6 is 0 Å². The van der Waals surface area contributed by atoms with E-state index in [0.717, 1.165) is 47.0 Å². The number of carbonyl (C=O) groups excluding carboxylic acids is 1. The molecular formula is C36H31FN2O3. The van der Waals surface area contributed by atoms with Gasteiger partial charge in [-0.05, 0) is 95.3 Å². The van der Waals surface area contributed by atoms with E-state index in [1.165, 1.54) is 6.07 Å². The second-order valence-corrected chi connectivity index (χ2v) is 10.8.